The fraction of sp³-hybridized carbons (Fsp3) is 0.800. The molecule has 0 aromatic heterocycles. The molecule has 0 aromatic carbocycles. The molecule has 0 amide bonds. The highest BCUT2D eigenvalue weighted by Gasteiger charge is 2.31. The first kappa shape index (κ1) is 13.5. The Morgan fingerprint density at radius 1 is 1.29 bits per heavy atom. The van der Waals surface area contributed by atoms with Gasteiger partial charge in [0.05, 0.1) is 11.9 Å². The Kier molecular flexibility index (Phi) is 3.77. The lowest BCUT2D eigenvalue weighted by atomic mass is 9.83. The summed E-state index contributed by atoms with van der Waals surface area (Å²) in [7, 11) is -3.43. The van der Waals surface area contributed by atoms with E-state index in [1.165, 1.54) is 0 Å². The normalized spacial score (nSPS) is 13.7. The van der Waals surface area contributed by atoms with Crippen LogP contribution in [0.4, 0.5) is 0 Å². The molecule has 14 heavy (non-hydrogen) atoms. The van der Waals surface area contributed by atoms with Crippen molar-refractivity contribution in [3.05, 3.63) is 0 Å². The molecule has 3 nitrogen and oxygen atoms in total. The van der Waals surface area contributed by atoms with Crippen molar-refractivity contribution < 1.29 is 12.6 Å². The molecule has 0 bridgehead atoms. The Labute approximate surface area is 87.0 Å². The van der Waals surface area contributed by atoms with Crippen LogP contribution in [0.25, 0.3) is 0 Å². The van der Waals surface area contributed by atoms with E-state index in [9.17, 15) is 8.42 Å². The van der Waals surface area contributed by atoms with E-state index in [0.717, 1.165) is 6.26 Å². The van der Waals surface area contributed by atoms with E-state index < -0.39 is 15.7 Å². The van der Waals surface area contributed by atoms with E-state index >= 15 is 0 Å². The van der Waals surface area contributed by atoms with Crippen molar-refractivity contribution in [3.63, 3.8) is 0 Å². The molecule has 0 rings (SSSR count). The summed E-state index contributed by atoms with van der Waals surface area (Å²) in [5, 5.41) is 0. The molecule has 0 aliphatic rings. The molecule has 0 spiro atoms. The molecule has 4 heteroatoms. The van der Waals surface area contributed by atoms with Crippen molar-refractivity contribution in [2.24, 2.45) is 5.41 Å². The quantitative estimate of drug-likeness (QED) is 0.534. The maximum atomic E-state index is 10.9. The summed E-state index contributed by atoms with van der Waals surface area (Å²) in [4.78, 5) is 0. The van der Waals surface area contributed by atoms with Gasteiger partial charge in [0.2, 0.25) is 0 Å². The van der Waals surface area contributed by atoms with E-state index in [2.05, 4.69) is 5.92 Å². The summed E-state index contributed by atoms with van der Waals surface area (Å²) in [6.07, 6.45) is 6.85. The predicted molar refractivity (Wildman–Crippen MR) is 57.2 cm³/mol. The highest BCUT2D eigenvalue weighted by atomic mass is 32.2. The molecule has 0 saturated heterocycles. The lowest BCUT2D eigenvalue weighted by Gasteiger charge is -2.30. The standard InChI is InChI=1S/C10H18O3S/c1-7-9(2,3)8-10(4,5)13-14(6,11)12/h1H,8H2,2-6H3. The summed E-state index contributed by atoms with van der Waals surface area (Å²) in [6.45, 7) is 7.18. The molecule has 0 aliphatic carbocycles. The van der Waals surface area contributed by atoms with Crippen LogP contribution in [-0.4, -0.2) is 20.3 Å². The Morgan fingerprint density at radius 3 is 2.00 bits per heavy atom. The first-order valence-corrected chi connectivity index (χ1v) is 6.17. The minimum absolute atomic E-state index is 0.367. The third-order valence-corrected chi connectivity index (χ3v) is 2.39. The monoisotopic (exact) mass is 218 g/mol. The van der Waals surface area contributed by atoms with Gasteiger partial charge in [0.15, 0.2) is 0 Å². The molecule has 0 unspecified atom stereocenters. The average Bonchev–Trinajstić information content (AvgIpc) is 1.78. The van der Waals surface area contributed by atoms with Crippen LogP contribution in [0.1, 0.15) is 34.1 Å². The molecule has 0 radical (unpaired) electrons. The maximum Gasteiger partial charge on any atom is 0.264 e. The van der Waals surface area contributed by atoms with Crippen LogP contribution in [0, 0.1) is 17.8 Å². The van der Waals surface area contributed by atoms with E-state index in [1.807, 2.05) is 13.8 Å². The van der Waals surface area contributed by atoms with Crippen molar-refractivity contribution in [1.29, 1.82) is 0 Å². The summed E-state index contributed by atoms with van der Waals surface area (Å²) >= 11 is 0. The molecule has 0 heterocycles. The zero-order valence-electron chi connectivity index (χ0n) is 9.42. The number of hydrogen-bond acceptors (Lipinski definition) is 3. The van der Waals surface area contributed by atoms with Gasteiger partial charge in [0, 0.05) is 5.41 Å². The summed E-state index contributed by atoms with van der Waals surface area (Å²) in [6, 6.07) is 0. The van der Waals surface area contributed by atoms with Gasteiger partial charge in [-0.05, 0) is 34.1 Å². The van der Waals surface area contributed by atoms with Crippen LogP contribution in [0.5, 0.6) is 0 Å². The van der Waals surface area contributed by atoms with Crippen LogP contribution in [0.3, 0.4) is 0 Å². The van der Waals surface area contributed by atoms with Crippen LogP contribution < -0.4 is 0 Å². The average molecular weight is 218 g/mol. The van der Waals surface area contributed by atoms with Crippen molar-refractivity contribution in [2.75, 3.05) is 6.26 Å². The highest BCUT2D eigenvalue weighted by Crippen LogP contribution is 2.30. The lowest BCUT2D eigenvalue weighted by Crippen LogP contribution is -2.33. The number of rotatable bonds is 4. The number of hydrogen-bond donors (Lipinski definition) is 0. The first-order valence-electron chi connectivity index (χ1n) is 4.36. The number of terminal acetylenes is 1. The van der Waals surface area contributed by atoms with Gasteiger partial charge in [-0.25, -0.2) is 0 Å². The van der Waals surface area contributed by atoms with Gasteiger partial charge in [-0.3, -0.25) is 4.18 Å². The molecular weight excluding hydrogens is 200 g/mol. The second-order valence-electron chi connectivity index (χ2n) is 4.75. The molecule has 0 aliphatic heterocycles. The lowest BCUT2D eigenvalue weighted by molar-refractivity contribution is 0.0808. The van der Waals surface area contributed by atoms with Gasteiger partial charge in [-0.2, -0.15) is 8.42 Å². The van der Waals surface area contributed by atoms with E-state index in [-0.39, 0.29) is 5.41 Å². The van der Waals surface area contributed by atoms with Gasteiger partial charge >= 0.3 is 0 Å². The van der Waals surface area contributed by atoms with Gasteiger partial charge < -0.3 is 0 Å². The third kappa shape index (κ3) is 6.01. The van der Waals surface area contributed by atoms with E-state index in [0.29, 0.717) is 6.42 Å². The summed E-state index contributed by atoms with van der Waals surface area (Å²) in [5.74, 6) is 2.61. The topological polar surface area (TPSA) is 43.4 Å². The van der Waals surface area contributed by atoms with Gasteiger partial charge in [-0.15, -0.1) is 12.3 Å². The molecule has 0 atom stereocenters. The molecule has 0 fully saturated rings. The summed E-state index contributed by atoms with van der Waals surface area (Å²) < 4.78 is 26.8. The Morgan fingerprint density at radius 2 is 1.71 bits per heavy atom. The fourth-order valence-electron chi connectivity index (χ4n) is 1.55. The zero-order chi connectivity index (χ0) is 11.6. The largest absolute Gasteiger partial charge is 0.264 e. The highest BCUT2D eigenvalue weighted by molar-refractivity contribution is 7.86. The zero-order valence-corrected chi connectivity index (χ0v) is 10.2. The summed E-state index contributed by atoms with van der Waals surface area (Å²) in [5.41, 5.74) is -1.13. The smallest absolute Gasteiger partial charge is 0.264 e. The van der Waals surface area contributed by atoms with Crippen LogP contribution in [0.2, 0.25) is 0 Å². The van der Waals surface area contributed by atoms with Crippen molar-refractivity contribution in [3.8, 4) is 12.3 Å². The van der Waals surface area contributed by atoms with Crippen LogP contribution in [-0.2, 0) is 14.3 Å². The first-order chi connectivity index (χ1) is 5.97. The molecule has 0 saturated carbocycles. The Hall–Kier alpha value is -0.530. The second-order valence-corrected chi connectivity index (χ2v) is 6.33. The molecular formula is C10H18O3S. The van der Waals surface area contributed by atoms with Crippen molar-refractivity contribution in [2.45, 2.75) is 39.7 Å². The van der Waals surface area contributed by atoms with Crippen molar-refractivity contribution in [1.82, 2.24) is 0 Å². The molecule has 0 N–H and O–H groups in total. The van der Waals surface area contributed by atoms with Gasteiger partial charge in [-0.1, -0.05) is 0 Å². The third-order valence-electron chi connectivity index (χ3n) is 1.64. The molecule has 82 valence electrons. The van der Waals surface area contributed by atoms with E-state index in [1.54, 1.807) is 13.8 Å². The van der Waals surface area contributed by atoms with Gasteiger partial charge in [0.25, 0.3) is 10.1 Å². The minimum Gasteiger partial charge on any atom is -0.264 e. The predicted octanol–water partition coefficient (Wildman–Crippen LogP) is 1.79. The van der Waals surface area contributed by atoms with Gasteiger partial charge in [0.1, 0.15) is 0 Å². The maximum absolute atomic E-state index is 10.9. The van der Waals surface area contributed by atoms with E-state index in [4.69, 9.17) is 10.6 Å². The SMILES string of the molecule is C#CC(C)(C)CC(C)(C)OS(C)(=O)=O. The fourth-order valence-corrected chi connectivity index (χ4v) is 2.43. The minimum atomic E-state index is -3.43. The Bertz CT molecular complexity index is 331. The van der Waals surface area contributed by atoms with Crippen molar-refractivity contribution >= 4 is 10.1 Å². The molecule has 0 aromatic rings. The second kappa shape index (κ2) is 3.92. The van der Waals surface area contributed by atoms with Crippen LogP contribution >= 0.6 is 0 Å². The Balaban J connectivity index is 4.61. The van der Waals surface area contributed by atoms with Crippen LogP contribution in [0.15, 0.2) is 0 Å².